The molecule has 0 saturated carbocycles. The first-order chi connectivity index (χ1) is 9.47. The molecule has 3 nitrogen and oxygen atoms in total. The van der Waals surface area contributed by atoms with Crippen molar-refractivity contribution in [3.8, 4) is 5.75 Å². The van der Waals surface area contributed by atoms with Crippen LogP contribution in [-0.2, 0) is 12.8 Å². The molecule has 1 aliphatic heterocycles. The topological polar surface area (TPSA) is 32.7 Å². The van der Waals surface area contributed by atoms with E-state index in [1.54, 1.807) is 24.3 Å². The molecular formula is C14H10F3NO2. The molecule has 0 bridgehead atoms. The summed E-state index contributed by atoms with van der Waals surface area (Å²) in [6.07, 6.45) is -4.47. The molecule has 1 N–H and O–H groups in total. The van der Waals surface area contributed by atoms with Crippen LogP contribution in [0.15, 0.2) is 42.5 Å². The molecule has 0 unspecified atom stereocenters. The van der Waals surface area contributed by atoms with Crippen LogP contribution in [-0.4, -0.2) is 5.21 Å². The maximum Gasteiger partial charge on any atom is 0.416 e. The molecular weight excluding hydrogens is 271 g/mol. The van der Waals surface area contributed by atoms with Crippen LogP contribution in [0.4, 0.5) is 24.5 Å². The van der Waals surface area contributed by atoms with Gasteiger partial charge in [-0.25, -0.2) is 5.06 Å². The molecule has 3 rings (SSSR count). The monoisotopic (exact) mass is 281 g/mol. The van der Waals surface area contributed by atoms with Crippen molar-refractivity contribution in [1.82, 2.24) is 0 Å². The summed E-state index contributed by atoms with van der Waals surface area (Å²) in [5.41, 5.74) is 0.244. The Morgan fingerprint density at radius 1 is 1.05 bits per heavy atom. The molecule has 0 atom stereocenters. The zero-order chi connectivity index (χ0) is 14.3. The second-order valence-corrected chi connectivity index (χ2v) is 4.41. The Bertz CT molecular complexity index is 655. The molecule has 1 heterocycles. The van der Waals surface area contributed by atoms with E-state index in [4.69, 9.17) is 4.74 Å². The van der Waals surface area contributed by atoms with E-state index in [0.717, 1.165) is 17.2 Å². The number of nitrogens with zero attached hydrogens (tertiary/aromatic N) is 1. The van der Waals surface area contributed by atoms with Gasteiger partial charge in [0.2, 0.25) is 0 Å². The second-order valence-electron chi connectivity index (χ2n) is 4.41. The van der Waals surface area contributed by atoms with E-state index in [-0.39, 0.29) is 18.0 Å². The van der Waals surface area contributed by atoms with Crippen molar-refractivity contribution in [1.29, 1.82) is 0 Å². The lowest BCUT2D eigenvalue weighted by atomic mass is 10.1. The fourth-order valence-corrected chi connectivity index (χ4v) is 2.11. The zero-order valence-corrected chi connectivity index (χ0v) is 10.2. The van der Waals surface area contributed by atoms with Crippen molar-refractivity contribution < 1.29 is 23.1 Å². The molecule has 20 heavy (non-hydrogen) atoms. The van der Waals surface area contributed by atoms with Gasteiger partial charge in [0, 0.05) is 5.56 Å². The maximum absolute atomic E-state index is 12.7. The number of ether oxygens (including phenoxy) is 1. The number of para-hydroxylation sites is 1. The van der Waals surface area contributed by atoms with E-state index >= 15 is 0 Å². The maximum atomic E-state index is 12.7. The van der Waals surface area contributed by atoms with Crippen molar-refractivity contribution in [2.24, 2.45) is 0 Å². The van der Waals surface area contributed by atoms with E-state index in [1.165, 1.54) is 6.07 Å². The van der Waals surface area contributed by atoms with E-state index < -0.39 is 11.7 Å². The minimum atomic E-state index is -4.47. The van der Waals surface area contributed by atoms with Crippen LogP contribution >= 0.6 is 0 Å². The molecule has 0 saturated heterocycles. The van der Waals surface area contributed by atoms with Gasteiger partial charge in [0.25, 0.3) is 0 Å². The van der Waals surface area contributed by atoms with Crippen LogP contribution in [0.5, 0.6) is 5.75 Å². The van der Waals surface area contributed by atoms with Gasteiger partial charge in [0.05, 0.1) is 11.3 Å². The van der Waals surface area contributed by atoms with Gasteiger partial charge in [-0.2, -0.15) is 13.2 Å². The average molecular weight is 281 g/mol. The number of hydrogen-bond acceptors (Lipinski definition) is 3. The first-order valence-corrected chi connectivity index (χ1v) is 5.88. The summed E-state index contributed by atoms with van der Waals surface area (Å²) in [7, 11) is 0. The summed E-state index contributed by atoms with van der Waals surface area (Å²) < 4.78 is 43.7. The number of alkyl halides is 3. The highest BCUT2D eigenvalue weighted by Gasteiger charge is 2.32. The Morgan fingerprint density at radius 3 is 2.55 bits per heavy atom. The highest BCUT2D eigenvalue weighted by molar-refractivity contribution is 5.71. The Hall–Kier alpha value is -2.21. The molecule has 2 aromatic rings. The van der Waals surface area contributed by atoms with E-state index in [9.17, 15) is 18.4 Å². The SMILES string of the molecule is ON1c2ccccc2COc2ccc(C(F)(F)F)cc21. The summed E-state index contributed by atoms with van der Waals surface area (Å²) >= 11 is 0. The van der Waals surface area contributed by atoms with Crippen molar-refractivity contribution in [3.05, 3.63) is 53.6 Å². The van der Waals surface area contributed by atoms with Gasteiger partial charge >= 0.3 is 6.18 Å². The number of rotatable bonds is 0. The molecule has 6 heteroatoms. The first-order valence-electron chi connectivity index (χ1n) is 5.88. The van der Waals surface area contributed by atoms with E-state index in [1.807, 2.05) is 0 Å². The molecule has 0 spiro atoms. The number of halogens is 3. The van der Waals surface area contributed by atoms with Gasteiger partial charge in [-0.05, 0) is 24.3 Å². The average Bonchev–Trinajstić information content (AvgIpc) is 2.56. The second kappa shape index (κ2) is 4.42. The number of anilines is 2. The van der Waals surface area contributed by atoms with Gasteiger partial charge in [0.15, 0.2) is 0 Å². The Labute approximate surface area is 112 Å². The molecule has 0 aromatic heterocycles. The van der Waals surface area contributed by atoms with Crippen LogP contribution in [0, 0.1) is 0 Å². The van der Waals surface area contributed by atoms with Gasteiger partial charge in [-0.3, -0.25) is 5.21 Å². The van der Waals surface area contributed by atoms with Gasteiger partial charge < -0.3 is 4.74 Å². The quantitative estimate of drug-likeness (QED) is 0.788. The molecule has 0 amide bonds. The van der Waals surface area contributed by atoms with Gasteiger partial charge in [-0.15, -0.1) is 0 Å². The van der Waals surface area contributed by atoms with E-state index in [2.05, 4.69) is 0 Å². The summed E-state index contributed by atoms with van der Waals surface area (Å²) in [6.45, 7) is 0.186. The molecule has 0 radical (unpaired) electrons. The molecule has 104 valence electrons. The van der Waals surface area contributed by atoms with Crippen molar-refractivity contribution in [2.45, 2.75) is 12.8 Å². The van der Waals surface area contributed by atoms with Crippen LogP contribution in [0.25, 0.3) is 0 Å². The van der Waals surface area contributed by atoms with Crippen LogP contribution in [0.3, 0.4) is 0 Å². The Balaban J connectivity index is 2.13. The summed E-state index contributed by atoms with van der Waals surface area (Å²) in [5.74, 6) is 0.205. The van der Waals surface area contributed by atoms with Crippen molar-refractivity contribution in [3.63, 3.8) is 0 Å². The Morgan fingerprint density at radius 2 is 1.80 bits per heavy atom. The highest BCUT2D eigenvalue weighted by atomic mass is 19.4. The molecule has 0 fully saturated rings. The smallest absolute Gasteiger partial charge is 0.416 e. The molecule has 0 aliphatic carbocycles. The minimum Gasteiger partial charge on any atom is -0.487 e. The molecule has 1 aliphatic rings. The summed E-state index contributed by atoms with van der Waals surface area (Å²) in [5, 5.41) is 10.9. The van der Waals surface area contributed by atoms with Crippen LogP contribution in [0.2, 0.25) is 0 Å². The Kier molecular flexibility index (Phi) is 2.83. The first kappa shape index (κ1) is 12.8. The van der Waals surface area contributed by atoms with Crippen molar-refractivity contribution in [2.75, 3.05) is 5.06 Å². The lowest BCUT2D eigenvalue weighted by Crippen LogP contribution is -2.13. The van der Waals surface area contributed by atoms with Crippen LogP contribution < -0.4 is 9.80 Å². The lowest BCUT2D eigenvalue weighted by molar-refractivity contribution is -0.137. The summed E-state index contributed by atoms with van der Waals surface area (Å²) in [4.78, 5) is 0. The number of fused-ring (bicyclic) bond motifs is 2. The normalized spacial score (nSPS) is 14.1. The zero-order valence-electron chi connectivity index (χ0n) is 10.2. The van der Waals surface area contributed by atoms with Gasteiger partial charge in [0.1, 0.15) is 18.0 Å². The predicted molar refractivity (Wildman–Crippen MR) is 66.1 cm³/mol. The number of hydrogen-bond donors (Lipinski definition) is 1. The minimum absolute atomic E-state index is 0.0234. The third kappa shape index (κ3) is 2.08. The third-order valence-electron chi connectivity index (χ3n) is 3.12. The lowest BCUT2D eigenvalue weighted by Gasteiger charge is -2.19. The standard InChI is InChI=1S/C14H10F3NO2/c15-14(16,17)10-5-6-13-12(7-10)18(19)11-4-2-1-3-9(11)8-20-13/h1-7,19H,8H2. The number of benzene rings is 2. The molecule has 2 aromatic carbocycles. The van der Waals surface area contributed by atoms with Crippen molar-refractivity contribution >= 4 is 11.4 Å². The van der Waals surface area contributed by atoms with Crippen LogP contribution in [0.1, 0.15) is 11.1 Å². The predicted octanol–water partition coefficient (Wildman–Crippen LogP) is 4.13. The van der Waals surface area contributed by atoms with E-state index in [0.29, 0.717) is 11.3 Å². The fourth-order valence-electron chi connectivity index (χ4n) is 2.11. The third-order valence-corrected chi connectivity index (χ3v) is 3.12. The fraction of sp³-hybridized carbons (Fsp3) is 0.143. The van der Waals surface area contributed by atoms with Gasteiger partial charge in [-0.1, -0.05) is 18.2 Å². The highest BCUT2D eigenvalue weighted by Crippen LogP contribution is 2.41. The largest absolute Gasteiger partial charge is 0.487 e. The summed E-state index contributed by atoms with van der Waals surface area (Å²) in [6, 6.07) is 9.85.